The van der Waals surface area contributed by atoms with E-state index in [0.29, 0.717) is 42.9 Å². The summed E-state index contributed by atoms with van der Waals surface area (Å²) >= 11 is 0. The van der Waals surface area contributed by atoms with Gasteiger partial charge in [0.2, 0.25) is 6.41 Å². The molecule has 3 fully saturated rings. The maximum Gasteiger partial charge on any atom is 0.213 e. The zero-order chi connectivity index (χ0) is 34.6. The highest BCUT2D eigenvalue weighted by molar-refractivity contribution is 7.91. The van der Waals surface area contributed by atoms with Gasteiger partial charge in [-0.15, -0.1) is 0 Å². The van der Waals surface area contributed by atoms with Gasteiger partial charge in [0.1, 0.15) is 18.9 Å². The normalized spacial score (nSPS) is 25.3. The third-order valence-corrected chi connectivity index (χ3v) is 13.6. The summed E-state index contributed by atoms with van der Waals surface area (Å²) in [4.78, 5) is 15.9. The number of nitrogens with zero attached hydrogens (tertiary/aromatic N) is 3. The van der Waals surface area contributed by atoms with Gasteiger partial charge >= 0.3 is 0 Å². The Balaban J connectivity index is 1.25. The molecule has 264 valence electrons. The Kier molecular flexibility index (Phi) is 10.8. The van der Waals surface area contributed by atoms with Gasteiger partial charge in [-0.2, -0.15) is 0 Å². The van der Waals surface area contributed by atoms with Crippen LogP contribution in [-0.2, 0) is 27.8 Å². The molecule has 9 heteroatoms. The van der Waals surface area contributed by atoms with Crippen LogP contribution in [0.2, 0.25) is 0 Å². The molecule has 4 aliphatic rings. The van der Waals surface area contributed by atoms with Crippen molar-refractivity contribution in [2.24, 2.45) is 5.41 Å². The number of aliphatic hydroxyl groups is 1. The summed E-state index contributed by atoms with van der Waals surface area (Å²) in [6, 6.07) is 21.7. The first-order valence-corrected chi connectivity index (χ1v) is 19.9. The lowest BCUT2D eigenvalue weighted by Gasteiger charge is -2.50. The van der Waals surface area contributed by atoms with Crippen LogP contribution in [0.15, 0.2) is 71.6 Å². The summed E-state index contributed by atoms with van der Waals surface area (Å²) in [5, 5.41) is 12.4. The predicted octanol–water partition coefficient (Wildman–Crippen LogP) is 6.15. The van der Waals surface area contributed by atoms with Crippen molar-refractivity contribution in [2.45, 2.75) is 82.4 Å². The number of aliphatic hydroxyl groups excluding tert-OH is 1. The van der Waals surface area contributed by atoms with E-state index < -0.39 is 27.3 Å². The van der Waals surface area contributed by atoms with Crippen LogP contribution in [0.5, 0.6) is 5.75 Å². The summed E-state index contributed by atoms with van der Waals surface area (Å²) in [6.45, 7) is 13.1. The van der Waals surface area contributed by atoms with Crippen molar-refractivity contribution in [2.75, 3.05) is 57.0 Å². The zero-order valence-corrected chi connectivity index (χ0v) is 30.3. The number of ether oxygens (including phenoxy) is 1. The summed E-state index contributed by atoms with van der Waals surface area (Å²) in [7, 11) is -2.08. The van der Waals surface area contributed by atoms with Crippen LogP contribution >= 0.6 is 0 Å². The van der Waals surface area contributed by atoms with Crippen molar-refractivity contribution in [1.29, 1.82) is 0 Å². The Labute approximate surface area is 293 Å². The minimum atomic E-state index is -3.73. The number of anilines is 1. The highest BCUT2D eigenvalue weighted by atomic mass is 32.2. The van der Waals surface area contributed by atoms with Crippen LogP contribution in [0.3, 0.4) is 0 Å². The van der Waals surface area contributed by atoms with Crippen molar-refractivity contribution in [3.8, 4) is 5.75 Å². The molecule has 3 aromatic rings. The molecule has 0 aliphatic carbocycles. The molecule has 0 radical (unpaired) electrons. The molecule has 2 bridgehead atoms. The molecule has 0 spiro atoms. The maximum absolute atomic E-state index is 14.1. The van der Waals surface area contributed by atoms with Crippen molar-refractivity contribution in [3.05, 3.63) is 89.0 Å². The Morgan fingerprint density at radius 3 is 2.12 bits per heavy atom. The van der Waals surface area contributed by atoms with E-state index >= 15 is 0 Å². The molecule has 3 saturated heterocycles. The second-order valence-electron chi connectivity index (χ2n) is 14.9. The molecule has 3 aromatic carbocycles. The molecule has 1 N–H and O–H groups in total. The predicted molar refractivity (Wildman–Crippen MR) is 195 cm³/mol. The van der Waals surface area contributed by atoms with E-state index in [0.717, 1.165) is 43.4 Å². The lowest BCUT2D eigenvalue weighted by atomic mass is 9.68. The van der Waals surface area contributed by atoms with E-state index in [1.54, 1.807) is 25.2 Å². The number of hydrogen-bond acceptors (Lipinski definition) is 6. The van der Waals surface area contributed by atoms with Gasteiger partial charge in [0.15, 0.2) is 9.84 Å². The number of carbonyl (C=O) groups is 1. The molecule has 0 unspecified atom stereocenters. The minimum Gasteiger partial charge on any atom is -0.489 e. The summed E-state index contributed by atoms with van der Waals surface area (Å²) < 4.78 is 35.7. The Morgan fingerprint density at radius 2 is 1.53 bits per heavy atom. The van der Waals surface area contributed by atoms with E-state index in [1.807, 2.05) is 24.3 Å². The van der Waals surface area contributed by atoms with Crippen LogP contribution in [0, 0.1) is 5.41 Å². The molecule has 49 heavy (non-hydrogen) atoms. The van der Waals surface area contributed by atoms with Crippen LogP contribution in [0.4, 0.5) is 5.69 Å². The second kappa shape index (κ2) is 14.9. The average molecular weight is 689 g/mol. The van der Waals surface area contributed by atoms with Gasteiger partial charge < -0.3 is 19.2 Å². The van der Waals surface area contributed by atoms with Crippen LogP contribution in [0.1, 0.15) is 80.5 Å². The van der Waals surface area contributed by atoms with E-state index in [1.165, 1.54) is 54.2 Å². The molecule has 8 nitrogen and oxygen atoms in total. The number of unbranched alkanes of at least 4 members (excludes halogenated alkanes) is 2. The number of fused-ring (bicyclic) bond motifs is 4. The first kappa shape index (κ1) is 35.6. The Hall–Kier alpha value is -3.24. The molecule has 7 rings (SSSR count). The third kappa shape index (κ3) is 7.60. The number of rotatable bonds is 14. The molecule has 4 aliphatic heterocycles. The van der Waals surface area contributed by atoms with Crippen LogP contribution in [0.25, 0.3) is 0 Å². The highest BCUT2D eigenvalue weighted by Gasteiger charge is 2.49. The minimum absolute atomic E-state index is 0.0911. The maximum atomic E-state index is 14.1. The van der Waals surface area contributed by atoms with Gasteiger partial charge in [0.05, 0.1) is 36.4 Å². The number of carbonyl (C=O) groups excluding carboxylic acids is 1. The monoisotopic (exact) mass is 688 g/mol. The van der Waals surface area contributed by atoms with Crippen molar-refractivity contribution in [3.63, 3.8) is 0 Å². The fourth-order valence-electron chi connectivity index (χ4n) is 8.43. The first-order valence-electron chi connectivity index (χ1n) is 18.2. The molecule has 1 amide bonds. The number of sulfone groups is 1. The largest absolute Gasteiger partial charge is 0.489 e. The van der Waals surface area contributed by atoms with E-state index in [4.69, 9.17) is 4.74 Å². The highest BCUT2D eigenvalue weighted by Crippen LogP contribution is 2.50. The smallest absolute Gasteiger partial charge is 0.213 e. The van der Waals surface area contributed by atoms with Crippen molar-refractivity contribution >= 4 is 21.9 Å². The molecule has 0 aromatic heterocycles. The Bertz CT molecular complexity index is 1660. The van der Waals surface area contributed by atoms with Crippen LogP contribution in [-0.4, -0.2) is 87.5 Å². The second-order valence-corrected chi connectivity index (χ2v) is 16.8. The lowest BCUT2D eigenvalue weighted by Crippen LogP contribution is -2.66. The van der Waals surface area contributed by atoms with E-state index in [2.05, 4.69) is 43.0 Å². The lowest BCUT2D eigenvalue weighted by molar-refractivity contribution is -0.953. The molecule has 2 atom stereocenters. The number of piperazine rings is 3. The molecular weight excluding hydrogens is 635 g/mol. The number of benzene rings is 3. The Morgan fingerprint density at radius 1 is 0.918 bits per heavy atom. The van der Waals surface area contributed by atoms with Gasteiger partial charge in [-0.25, -0.2) is 8.42 Å². The SMILES string of the molecule is CCCCC1(CCCC)CS(=O)(=O)c2ccc(N(C)C=O)cc2[C@@H](c2ccc(OCc3ccc(C[N+]45CCN(CC4)CC5)cc3)cc2)[C@H]1O. The quantitative estimate of drug-likeness (QED) is 0.162. The van der Waals surface area contributed by atoms with Gasteiger partial charge in [0.25, 0.3) is 0 Å². The number of quaternary nitrogens is 1. The van der Waals surface area contributed by atoms with Gasteiger partial charge in [-0.3, -0.25) is 9.69 Å². The summed E-state index contributed by atoms with van der Waals surface area (Å²) in [6.07, 6.45) is 4.56. The third-order valence-electron chi connectivity index (χ3n) is 11.6. The first-order chi connectivity index (χ1) is 23.6. The van der Waals surface area contributed by atoms with Crippen molar-refractivity contribution in [1.82, 2.24) is 4.90 Å². The van der Waals surface area contributed by atoms with Gasteiger partial charge in [-0.1, -0.05) is 75.9 Å². The molecule has 0 saturated carbocycles. The van der Waals surface area contributed by atoms with E-state index in [-0.39, 0.29) is 10.6 Å². The average Bonchev–Trinajstić information content (AvgIpc) is 3.19. The fourth-order valence-corrected chi connectivity index (χ4v) is 10.6. The summed E-state index contributed by atoms with van der Waals surface area (Å²) in [5.41, 5.74) is 3.65. The van der Waals surface area contributed by atoms with Crippen molar-refractivity contribution < 1.29 is 27.5 Å². The molecule has 4 heterocycles. The summed E-state index contributed by atoms with van der Waals surface area (Å²) in [5.74, 6) is 0.0365. The number of hydrogen-bond donors (Lipinski definition) is 1. The van der Waals surface area contributed by atoms with E-state index in [9.17, 15) is 18.3 Å². The molecular formula is C40H54N3O5S+. The topological polar surface area (TPSA) is 87.2 Å². The van der Waals surface area contributed by atoms with Gasteiger partial charge in [0, 0.05) is 49.3 Å². The zero-order valence-electron chi connectivity index (χ0n) is 29.5. The van der Waals surface area contributed by atoms with Gasteiger partial charge in [-0.05, 0) is 59.9 Å². The standard InChI is InChI=1S/C40H54N3O5S/c1-4-6-18-40(19-7-5-2)29-49(46,47)37-17-14-34(41(3)30-44)26-36(37)38(39(40)45)33-12-15-35(16-13-33)48-28-32-10-8-31(9-11-32)27-43-23-20-42(21-24-43)22-25-43/h8-17,26,30,38-39,45H,4-7,18-25,27-29H2,1-3H3/q+1/t38-,39-/m1/s1. The number of amides is 1. The fraction of sp³-hybridized carbons (Fsp3) is 0.525. The van der Waals surface area contributed by atoms with Crippen LogP contribution < -0.4 is 9.64 Å².